The third-order valence-electron chi connectivity index (χ3n) is 6.48. The molecule has 1 unspecified atom stereocenters. The van der Waals surface area contributed by atoms with Crippen molar-refractivity contribution in [2.75, 3.05) is 0 Å². The first-order valence-electron chi connectivity index (χ1n) is 9.54. The first-order chi connectivity index (χ1) is 14.5. The summed E-state index contributed by atoms with van der Waals surface area (Å²) in [6, 6.07) is 7.07. The maximum absolute atomic E-state index is 12.4. The van der Waals surface area contributed by atoms with E-state index in [4.69, 9.17) is 9.47 Å². The van der Waals surface area contributed by atoms with Crippen molar-refractivity contribution < 1.29 is 28.7 Å². The number of hydrogen-bond donors (Lipinski definition) is 0. The zero-order valence-electron chi connectivity index (χ0n) is 15.3. The van der Waals surface area contributed by atoms with Crippen molar-refractivity contribution in [3.05, 3.63) is 69.8 Å². The second-order valence-corrected chi connectivity index (χ2v) is 7.80. The van der Waals surface area contributed by atoms with Crippen LogP contribution < -0.4 is 0 Å². The molecule has 7 rings (SSSR count). The van der Waals surface area contributed by atoms with Crippen molar-refractivity contribution >= 4 is 57.1 Å². The smallest absolute Gasteiger partial charge is 0.346 e. The first-order valence-corrected chi connectivity index (χ1v) is 9.54. The number of rotatable bonds is 0. The summed E-state index contributed by atoms with van der Waals surface area (Å²) in [6.07, 6.45) is 5.88. The predicted molar refractivity (Wildman–Crippen MR) is 106 cm³/mol. The largest absolute Gasteiger partial charge is 0.389 e. The maximum atomic E-state index is 12.4. The number of carbonyl (C=O) groups excluding carboxylic acids is 4. The van der Waals surface area contributed by atoms with E-state index >= 15 is 0 Å². The topological polar surface area (TPSA) is 86.7 Å². The molecule has 3 aromatic carbocycles. The summed E-state index contributed by atoms with van der Waals surface area (Å²) in [6.45, 7) is 0. The second-order valence-electron chi connectivity index (χ2n) is 7.80. The quantitative estimate of drug-likeness (QED) is 0.330. The standard InChI is InChI=1S/C24H10O6/c25-21-13-5-1-9-10-2-6-15-20-16(24(28)30-23(15)27)8-4-12(18(10)20)11-3-7-14(22(26)29-21)19(13)17(9)11/h1-3,5-8,13H,4H2. The van der Waals surface area contributed by atoms with Gasteiger partial charge in [-0.2, -0.15) is 0 Å². The highest BCUT2D eigenvalue weighted by Crippen LogP contribution is 2.48. The minimum atomic E-state index is -0.648. The van der Waals surface area contributed by atoms with Gasteiger partial charge in [-0.05, 0) is 56.8 Å². The van der Waals surface area contributed by atoms with Crippen LogP contribution in [-0.2, 0) is 25.5 Å². The Morgan fingerprint density at radius 2 is 1.57 bits per heavy atom. The molecular weight excluding hydrogens is 384 g/mol. The number of fused-ring (bicyclic) bond motifs is 2. The lowest BCUT2D eigenvalue weighted by Crippen LogP contribution is -2.28. The molecule has 0 spiro atoms. The molecule has 0 radical (unpaired) electrons. The van der Waals surface area contributed by atoms with Gasteiger partial charge in [0.25, 0.3) is 0 Å². The number of cyclic esters (lactones) is 4. The van der Waals surface area contributed by atoms with Crippen LogP contribution in [0.25, 0.3) is 33.2 Å². The van der Waals surface area contributed by atoms with Crippen LogP contribution in [0.15, 0.2) is 36.4 Å². The van der Waals surface area contributed by atoms with Gasteiger partial charge in [0.2, 0.25) is 0 Å². The molecule has 0 amide bonds. The Kier molecular flexibility index (Phi) is 2.59. The summed E-state index contributed by atoms with van der Waals surface area (Å²) in [5, 5.41) is 3.49. The molecule has 6 heteroatoms. The number of allylic oxidation sites excluding steroid dienone is 1. The summed E-state index contributed by atoms with van der Waals surface area (Å²) in [7, 11) is 0. The molecule has 0 bridgehead atoms. The molecule has 3 aromatic rings. The lowest BCUT2D eigenvalue weighted by Gasteiger charge is -2.30. The van der Waals surface area contributed by atoms with Crippen molar-refractivity contribution in [2.45, 2.75) is 12.3 Å². The number of esters is 4. The second kappa shape index (κ2) is 4.91. The fourth-order valence-corrected chi connectivity index (χ4v) is 5.29. The van der Waals surface area contributed by atoms with E-state index < -0.39 is 29.8 Å². The number of benzene rings is 3. The average Bonchev–Trinajstić information content (AvgIpc) is 2.74. The molecule has 0 fully saturated rings. The van der Waals surface area contributed by atoms with Crippen molar-refractivity contribution in [1.82, 2.24) is 0 Å². The SMILES string of the molecule is O=C1OC(=O)c2ccc3c4c5c6c(ccc5c5c3c2C1=CC5)C(=O)OC(=O)C6C=C4. The van der Waals surface area contributed by atoms with E-state index in [2.05, 4.69) is 0 Å². The molecule has 0 N–H and O–H groups in total. The van der Waals surface area contributed by atoms with E-state index in [1.54, 1.807) is 24.3 Å². The minimum Gasteiger partial charge on any atom is -0.389 e. The van der Waals surface area contributed by atoms with Gasteiger partial charge in [0.1, 0.15) is 5.92 Å². The fraction of sp³-hybridized carbons (Fsp3) is 0.0833. The van der Waals surface area contributed by atoms with E-state index in [0.29, 0.717) is 34.2 Å². The lowest BCUT2D eigenvalue weighted by molar-refractivity contribution is -0.139. The van der Waals surface area contributed by atoms with Crippen molar-refractivity contribution in [1.29, 1.82) is 0 Å². The summed E-state index contributed by atoms with van der Waals surface area (Å²) >= 11 is 0. The van der Waals surface area contributed by atoms with Gasteiger partial charge in [0.15, 0.2) is 0 Å². The van der Waals surface area contributed by atoms with Gasteiger partial charge in [0, 0.05) is 5.56 Å². The molecule has 6 nitrogen and oxygen atoms in total. The van der Waals surface area contributed by atoms with E-state index in [9.17, 15) is 19.2 Å². The summed E-state index contributed by atoms with van der Waals surface area (Å²) in [4.78, 5) is 49.4. The molecular formula is C24H10O6. The lowest BCUT2D eigenvalue weighted by atomic mass is 9.75. The van der Waals surface area contributed by atoms with Crippen molar-refractivity contribution in [2.24, 2.45) is 0 Å². The average molecular weight is 394 g/mol. The molecule has 142 valence electrons. The van der Waals surface area contributed by atoms with Gasteiger partial charge < -0.3 is 9.47 Å². The van der Waals surface area contributed by atoms with Crippen LogP contribution in [0.5, 0.6) is 0 Å². The molecule has 2 aliphatic carbocycles. The van der Waals surface area contributed by atoms with E-state index in [1.165, 1.54) is 0 Å². The van der Waals surface area contributed by atoms with Crippen molar-refractivity contribution in [3.63, 3.8) is 0 Å². The highest BCUT2D eigenvalue weighted by atomic mass is 16.6. The molecule has 2 aliphatic heterocycles. The summed E-state index contributed by atoms with van der Waals surface area (Å²) < 4.78 is 9.81. The van der Waals surface area contributed by atoms with Gasteiger partial charge in [-0.1, -0.05) is 30.4 Å². The van der Waals surface area contributed by atoms with Gasteiger partial charge in [0.05, 0.1) is 16.7 Å². The van der Waals surface area contributed by atoms with Crippen LogP contribution in [0.1, 0.15) is 48.9 Å². The normalized spacial score (nSPS) is 20.4. The molecule has 2 heterocycles. The molecule has 0 saturated heterocycles. The zero-order chi connectivity index (χ0) is 20.3. The molecule has 30 heavy (non-hydrogen) atoms. The number of hydrogen-bond acceptors (Lipinski definition) is 6. The summed E-state index contributed by atoms with van der Waals surface area (Å²) in [5.41, 5.74) is 4.29. The maximum Gasteiger partial charge on any atom is 0.346 e. The highest BCUT2D eigenvalue weighted by Gasteiger charge is 2.39. The van der Waals surface area contributed by atoms with Crippen molar-refractivity contribution in [3.8, 4) is 0 Å². The van der Waals surface area contributed by atoms with Crippen LogP contribution in [0.2, 0.25) is 0 Å². The monoisotopic (exact) mass is 394 g/mol. The van der Waals surface area contributed by atoms with Gasteiger partial charge >= 0.3 is 23.9 Å². The van der Waals surface area contributed by atoms with Gasteiger partial charge in [-0.25, -0.2) is 14.4 Å². The molecule has 0 saturated carbocycles. The van der Waals surface area contributed by atoms with Crippen LogP contribution in [0, 0.1) is 0 Å². The summed E-state index contributed by atoms with van der Waals surface area (Å²) in [5.74, 6) is -3.11. The Bertz CT molecular complexity index is 1540. The van der Waals surface area contributed by atoms with E-state index in [-0.39, 0.29) is 0 Å². The number of ether oxygens (including phenoxy) is 2. The number of carbonyl (C=O) groups is 4. The van der Waals surface area contributed by atoms with E-state index in [1.807, 2.05) is 18.2 Å². The van der Waals surface area contributed by atoms with Crippen LogP contribution in [0.4, 0.5) is 0 Å². The zero-order valence-corrected chi connectivity index (χ0v) is 15.3. The molecule has 1 atom stereocenters. The first kappa shape index (κ1) is 15.8. The van der Waals surface area contributed by atoms with Crippen LogP contribution >= 0.6 is 0 Å². The van der Waals surface area contributed by atoms with Gasteiger partial charge in [-0.15, -0.1) is 0 Å². The third-order valence-corrected chi connectivity index (χ3v) is 6.48. The Balaban J connectivity index is 1.72. The van der Waals surface area contributed by atoms with Crippen LogP contribution in [0.3, 0.4) is 0 Å². The Labute approximate surface area is 168 Å². The van der Waals surface area contributed by atoms with Crippen LogP contribution in [-0.4, -0.2) is 23.9 Å². The molecule has 4 aliphatic rings. The minimum absolute atomic E-state index is 0.371. The predicted octanol–water partition coefficient (Wildman–Crippen LogP) is 3.44. The van der Waals surface area contributed by atoms with E-state index in [0.717, 1.165) is 32.7 Å². The highest BCUT2D eigenvalue weighted by molar-refractivity contribution is 6.32. The Morgan fingerprint density at radius 3 is 2.43 bits per heavy atom. The van der Waals surface area contributed by atoms with Gasteiger partial charge in [-0.3, -0.25) is 4.79 Å². The Hall–Kier alpha value is -4.06. The fourth-order valence-electron chi connectivity index (χ4n) is 5.29. The molecule has 0 aromatic heterocycles. The Morgan fingerprint density at radius 1 is 0.800 bits per heavy atom. The third kappa shape index (κ3) is 1.63.